The van der Waals surface area contributed by atoms with E-state index in [0.29, 0.717) is 38.6 Å². The zero-order valence-electron chi connectivity index (χ0n) is 25.6. The summed E-state index contributed by atoms with van der Waals surface area (Å²) < 4.78 is 30.6. The monoisotopic (exact) mass is 572 g/mol. The van der Waals surface area contributed by atoms with Crippen LogP contribution in [0.2, 0.25) is 0 Å². The fourth-order valence-electron chi connectivity index (χ4n) is 6.72. The molecule has 7 heterocycles. The van der Waals surface area contributed by atoms with E-state index in [-0.39, 0.29) is 10.8 Å². The molecular weight excluding hydrogens is 532 g/mol. The molecule has 0 aromatic carbocycles. The zero-order chi connectivity index (χ0) is 29.5. The third-order valence-corrected chi connectivity index (χ3v) is 9.09. The number of hydrogen-bond acceptors (Lipinski definition) is 7. The first-order valence-electron chi connectivity index (χ1n) is 14.8. The molecule has 0 radical (unpaired) electrons. The first kappa shape index (κ1) is 27.6. The summed E-state index contributed by atoms with van der Waals surface area (Å²) >= 11 is 0. The number of hydrogen-bond donors (Lipinski definition) is 2. The fourth-order valence-corrected chi connectivity index (χ4v) is 6.72. The van der Waals surface area contributed by atoms with Crippen LogP contribution in [0.4, 0.5) is 0 Å². The summed E-state index contributed by atoms with van der Waals surface area (Å²) in [4.78, 5) is 17.6. The lowest BCUT2D eigenvalue weighted by Gasteiger charge is -2.22. The lowest BCUT2D eigenvalue weighted by Crippen LogP contribution is -2.22. The second kappa shape index (κ2) is 9.38. The predicted molar refractivity (Wildman–Crippen MR) is 160 cm³/mol. The summed E-state index contributed by atoms with van der Waals surface area (Å²) in [6, 6.07) is 10.6. The van der Waals surface area contributed by atoms with Crippen molar-refractivity contribution in [3.05, 3.63) is 64.2 Å². The average molecular weight is 573 g/mol. The van der Waals surface area contributed by atoms with Crippen molar-refractivity contribution < 1.29 is 23.7 Å². The Morgan fingerprint density at radius 1 is 0.667 bits per heavy atom. The number of ether oxygens (including phenoxy) is 5. The molecule has 7 rings (SSSR count). The Bertz CT molecular complexity index is 1720. The van der Waals surface area contributed by atoms with Crippen LogP contribution < -0.4 is 4.74 Å². The standard InChI is InChI=1S/C33H40N4O5/c1-30(2)17-21-14-24-22(32(5)39-8-9-40-32)12-19(34-24)15-27-31(3,4)18-25(37-27)29(38-7)28-23(33(6)41-10-11-42-33)13-20(36-28)16-26(30)35-21/h12-16,34,36H,8-11,17-18H2,1-7H3. The normalized spacial score (nSPS) is 22.0. The van der Waals surface area contributed by atoms with Crippen LogP contribution in [0, 0.1) is 0 Å². The quantitative estimate of drug-likeness (QED) is 0.409. The van der Waals surface area contributed by atoms with Crippen molar-refractivity contribution in [1.82, 2.24) is 19.9 Å². The van der Waals surface area contributed by atoms with E-state index in [0.717, 1.165) is 62.4 Å². The molecular formula is C33H40N4O5. The van der Waals surface area contributed by atoms with Crippen molar-refractivity contribution in [3.63, 3.8) is 0 Å². The summed E-state index contributed by atoms with van der Waals surface area (Å²) in [6.45, 7) is 15.0. The van der Waals surface area contributed by atoms with Gasteiger partial charge in [0, 0.05) is 68.4 Å². The van der Waals surface area contributed by atoms with Gasteiger partial charge >= 0.3 is 0 Å². The van der Waals surface area contributed by atoms with E-state index in [1.165, 1.54) is 0 Å². The molecule has 2 fully saturated rings. The minimum atomic E-state index is -0.896. The van der Waals surface area contributed by atoms with E-state index >= 15 is 0 Å². The summed E-state index contributed by atoms with van der Waals surface area (Å²) in [5, 5.41) is 0. The van der Waals surface area contributed by atoms with Crippen molar-refractivity contribution in [2.75, 3.05) is 33.5 Å². The van der Waals surface area contributed by atoms with Gasteiger partial charge in [-0.1, -0.05) is 27.7 Å². The number of fused-ring (bicyclic) bond motifs is 8. The Morgan fingerprint density at radius 3 is 1.86 bits per heavy atom. The summed E-state index contributed by atoms with van der Waals surface area (Å²) in [5.41, 5.74) is 8.88. The molecule has 222 valence electrons. The van der Waals surface area contributed by atoms with E-state index in [4.69, 9.17) is 33.7 Å². The van der Waals surface area contributed by atoms with Crippen LogP contribution in [0.5, 0.6) is 5.75 Å². The summed E-state index contributed by atoms with van der Waals surface area (Å²) in [6.07, 6.45) is 1.51. The molecule has 0 unspecified atom stereocenters. The van der Waals surface area contributed by atoms with Crippen LogP contribution in [-0.2, 0) is 54.2 Å². The number of nitrogens with zero attached hydrogens (tertiary/aromatic N) is 2. The van der Waals surface area contributed by atoms with E-state index in [9.17, 15) is 0 Å². The Kier molecular flexibility index (Phi) is 6.16. The topological polar surface area (TPSA) is 104 Å². The van der Waals surface area contributed by atoms with Gasteiger partial charge in [0.05, 0.1) is 44.7 Å². The van der Waals surface area contributed by atoms with Crippen LogP contribution in [0.1, 0.15) is 75.4 Å². The lowest BCUT2D eigenvalue weighted by molar-refractivity contribution is -0.148. The Hall–Kier alpha value is -3.24. The first-order valence-corrected chi connectivity index (χ1v) is 14.8. The lowest BCUT2D eigenvalue weighted by atomic mass is 9.86. The molecule has 2 N–H and O–H groups in total. The molecule has 2 saturated heterocycles. The molecule has 4 aliphatic heterocycles. The molecule has 4 aliphatic rings. The van der Waals surface area contributed by atoms with E-state index in [1.807, 2.05) is 13.8 Å². The second-order valence-electron chi connectivity index (χ2n) is 13.4. The smallest absolute Gasteiger partial charge is 0.194 e. The number of aromatic nitrogens is 4. The number of rotatable bonds is 3. The van der Waals surface area contributed by atoms with Crippen LogP contribution in [0.15, 0.2) is 30.3 Å². The van der Waals surface area contributed by atoms with Crippen molar-refractivity contribution in [2.45, 2.75) is 76.8 Å². The number of methoxy groups -OCH3 is 1. The highest BCUT2D eigenvalue weighted by Gasteiger charge is 2.39. The maximum absolute atomic E-state index is 6.13. The van der Waals surface area contributed by atoms with Gasteiger partial charge in [0.1, 0.15) is 0 Å². The summed E-state index contributed by atoms with van der Waals surface area (Å²) in [7, 11) is 1.70. The number of H-pyrrole nitrogens is 2. The fraction of sp³-hybridized carbons (Fsp3) is 0.515. The van der Waals surface area contributed by atoms with Gasteiger partial charge in [0.15, 0.2) is 17.3 Å². The molecule has 0 spiro atoms. The van der Waals surface area contributed by atoms with Crippen LogP contribution in [0.3, 0.4) is 0 Å². The molecule has 9 nitrogen and oxygen atoms in total. The van der Waals surface area contributed by atoms with Crippen LogP contribution in [0.25, 0.3) is 22.1 Å². The second-order valence-corrected chi connectivity index (χ2v) is 13.4. The molecule has 0 amide bonds. The van der Waals surface area contributed by atoms with Crippen molar-refractivity contribution >= 4 is 22.1 Å². The maximum Gasteiger partial charge on any atom is 0.194 e. The average Bonchev–Trinajstić information content (AvgIpc) is 3.74. The number of nitrogens with one attached hydrogen (secondary N) is 2. The predicted octanol–water partition coefficient (Wildman–Crippen LogP) is 5.80. The molecule has 9 heteroatoms. The highest BCUT2D eigenvalue weighted by molar-refractivity contribution is 5.75. The van der Waals surface area contributed by atoms with Crippen molar-refractivity contribution in [1.29, 1.82) is 0 Å². The van der Waals surface area contributed by atoms with Gasteiger partial charge in [-0.15, -0.1) is 0 Å². The highest BCUT2D eigenvalue weighted by Crippen LogP contribution is 2.42. The van der Waals surface area contributed by atoms with Gasteiger partial charge in [0.25, 0.3) is 0 Å². The first-order chi connectivity index (χ1) is 19.9. The third-order valence-electron chi connectivity index (χ3n) is 9.09. The molecule has 8 bridgehead atoms. The molecule has 0 saturated carbocycles. The molecule has 0 aliphatic carbocycles. The van der Waals surface area contributed by atoms with Gasteiger partial charge in [-0.25, -0.2) is 0 Å². The van der Waals surface area contributed by atoms with E-state index in [1.54, 1.807) is 7.11 Å². The molecule has 3 aromatic heterocycles. The van der Waals surface area contributed by atoms with E-state index < -0.39 is 11.6 Å². The Labute approximate surface area is 245 Å². The van der Waals surface area contributed by atoms with Gasteiger partial charge in [-0.2, -0.15) is 0 Å². The highest BCUT2D eigenvalue weighted by atomic mass is 16.7. The zero-order valence-corrected chi connectivity index (χ0v) is 25.6. The molecule has 42 heavy (non-hydrogen) atoms. The minimum absolute atomic E-state index is 0.168. The largest absolute Gasteiger partial charge is 0.493 e. The van der Waals surface area contributed by atoms with Gasteiger partial charge in [-0.3, -0.25) is 9.97 Å². The molecule has 0 atom stereocenters. The van der Waals surface area contributed by atoms with Gasteiger partial charge < -0.3 is 33.7 Å². The van der Waals surface area contributed by atoms with Crippen molar-refractivity contribution in [2.24, 2.45) is 0 Å². The van der Waals surface area contributed by atoms with Gasteiger partial charge in [-0.05, 0) is 44.2 Å². The molecule has 3 aromatic rings. The Balaban J connectivity index is 1.59. The van der Waals surface area contributed by atoms with E-state index in [2.05, 4.69) is 68.0 Å². The summed E-state index contributed by atoms with van der Waals surface area (Å²) in [5.74, 6) is -1.04. The van der Waals surface area contributed by atoms with Crippen LogP contribution in [-0.4, -0.2) is 53.5 Å². The Morgan fingerprint density at radius 2 is 1.21 bits per heavy atom. The third kappa shape index (κ3) is 4.45. The van der Waals surface area contributed by atoms with Gasteiger partial charge in [0.2, 0.25) is 0 Å². The number of aromatic amines is 2. The van der Waals surface area contributed by atoms with Crippen LogP contribution >= 0.6 is 0 Å². The minimum Gasteiger partial charge on any atom is -0.493 e. The van der Waals surface area contributed by atoms with Crippen molar-refractivity contribution in [3.8, 4) is 5.75 Å². The SMILES string of the molecule is COc1c2nc(cc3cc(C4(C)OCCO4)c(cc4nc(cc5cc(C6(C)OCCO6)c1[nH]5)C(C)(C)C4)[nH]3)C(C)(C)C2. The maximum atomic E-state index is 6.13.